The van der Waals surface area contributed by atoms with Crippen molar-refractivity contribution in [2.24, 2.45) is 11.8 Å². The molecule has 0 bridgehead atoms. The number of fused-ring (bicyclic) bond motifs is 5. The Morgan fingerprint density at radius 2 is 1.76 bits per heavy atom. The van der Waals surface area contributed by atoms with Crippen LogP contribution < -0.4 is 15.3 Å². The number of rotatable bonds is 8. The van der Waals surface area contributed by atoms with Gasteiger partial charge in [0, 0.05) is 48.4 Å². The predicted molar refractivity (Wildman–Crippen MR) is 146 cm³/mol. The van der Waals surface area contributed by atoms with Crippen molar-refractivity contribution in [3.05, 3.63) is 64.7 Å². The summed E-state index contributed by atoms with van der Waals surface area (Å²) in [6.07, 6.45) is 5.65. The van der Waals surface area contributed by atoms with Crippen LogP contribution >= 0.6 is 23.2 Å². The summed E-state index contributed by atoms with van der Waals surface area (Å²) in [5.74, 6) is 0.791. The Morgan fingerprint density at radius 3 is 2.43 bits per heavy atom. The zero-order valence-corrected chi connectivity index (χ0v) is 22.9. The molecule has 5 atom stereocenters. The number of amides is 1. The van der Waals surface area contributed by atoms with E-state index >= 15 is 0 Å². The lowest BCUT2D eigenvalue weighted by Gasteiger charge is -2.54. The lowest BCUT2D eigenvalue weighted by atomic mass is 9.55. The third-order valence-electron chi connectivity index (χ3n) is 9.12. The second-order valence-electron chi connectivity index (χ2n) is 11.1. The van der Waals surface area contributed by atoms with Crippen LogP contribution in [0, 0.1) is 11.8 Å². The van der Waals surface area contributed by atoms with Crippen LogP contribution in [0.1, 0.15) is 73.1 Å². The molecular formula is C30H35Cl2N2O3-. The second-order valence-corrected chi connectivity index (χ2v) is 11.9. The van der Waals surface area contributed by atoms with Crippen LogP contribution in [0.2, 0.25) is 0 Å². The van der Waals surface area contributed by atoms with Gasteiger partial charge in [-0.05, 0) is 91.2 Å². The van der Waals surface area contributed by atoms with Crippen LogP contribution in [-0.2, 0) is 16.0 Å². The van der Waals surface area contributed by atoms with E-state index in [0.717, 1.165) is 43.4 Å². The quantitative estimate of drug-likeness (QED) is 0.496. The third-order valence-corrected chi connectivity index (χ3v) is 9.46. The maximum Gasteiger partial charge on any atom is 0.220 e. The number of benzene rings is 2. The number of carbonyl (C=O) groups is 2. The molecule has 2 fully saturated rings. The first kappa shape index (κ1) is 26.4. The number of halogens is 2. The van der Waals surface area contributed by atoms with Gasteiger partial charge in [-0.1, -0.05) is 30.3 Å². The van der Waals surface area contributed by atoms with Gasteiger partial charge < -0.3 is 20.1 Å². The fraction of sp³-hybridized carbons (Fsp3) is 0.533. The highest BCUT2D eigenvalue weighted by atomic mass is 35.5. The maximum absolute atomic E-state index is 12.3. The molecule has 2 aromatic rings. The van der Waals surface area contributed by atoms with Gasteiger partial charge in [-0.15, -0.1) is 23.2 Å². The molecule has 5 rings (SSSR count). The van der Waals surface area contributed by atoms with E-state index in [0.29, 0.717) is 54.6 Å². The van der Waals surface area contributed by atoms with E-state index in [1.54, 1.807) is 0 Å². The van der Waals surface area contributed by atoms with Crippen molar-refractivity contribution in [3.63, 3.8) is 0 Å². The molecule has 0 aromatic heterocycles. The van der Waals surface area contributed by atoms with Gasteiger partial charge >= 0.3 is 0 Å². The van der Waals surface area contributed by atoms with E-state index in [2.05, 4.69) is 29.3 Å². The average Bonchev–Trinajstić information content (AvgIpc) is 2.88. The Balaban J connectivity index is 1.39. The first-order chi connectivity index (χ1) is 17.8. The van der Waals surface area contributed by atoms with E-state index in [4.69, 9.17) is 23.2 Å². The van der Waals surface area contributed by atoms with Gasteiger partial charge in [0.2, 0.25) is 5.91 Å². The van der Waals surface area contributed by atoms with Crippen LogP contribution in [-0.4, -0.2) is 42.3 Å². The van der Waals surface area contributed by atoms with Crippen LogP contribution in [0.25, 0.3) is 0 Å². The largest absolute Gasteiger partial charge is 0.549 e. The minimum atomic E-state index is -1.09. The fourth-order valence-corrected chi connectivity index (χ4v) is 7.78. The molecule has 1 aliphatic heterocycles. The molecule has 5 nitrogen and oxygen atoms in total. The van der Waals surface area contributed by atoms with Gasteiger partial charge in [0.25, 0.3) is 0 Å². The number of piperidine rings is 1. The zero-order chi connectivity index (χ0) is 26.2. The van der Waals surface area contributed by atoms with Gasteiger partial charge in [-0.2, -0.15) is 0 Å². The van der Waals surface area contributed by atoms with Crippen molar-refractivity contribution in [2.75, 3.05) is 29.7 Å². The SMILES string of the molecule is C[C@]12CC[C@@H]3c4ccc(C(C(=O)[O-])c5ccc(N(CCCl)CCCl)cc5)cc4CC[C@H]3[C@@H]1CCC(=O)N2. The van der Waals surface area contributed by atoms with Crippen LogP contribution in [0.4, 0.5) is 5.69 Å². The zero-order valence-electron chi connectivity index (χ0n) is 21.3. The van der Waals surface area contributed by atoms with Gasteiger partial charge in [-0.25, -0.2) is 0 Å². The summed E-state index contributed by atoms with van der Waals surface area (Å²) >= 11 is 11.9. The van der Waals surface area contributed by atoms with Crippen LogP contribution in [0.15, 0.2) is 42.5 Å². The number of anilines is 1. The topological polar surface area (TPSA) is 72.5 Å². The van der Waals surface area contributed by atoms with Crippen molar-refractivity contribution in [2.45, 2.75) is 62.8 Å². The first-order valence-corrected chi connectivity index (χ1v) is 14.5. The number of carboxylic acid groups (broad SMARTS) is 1. The Morgan fingerprint density at radius 1 is 1.05 bits per heavy atom. The van der Waals surface area contributed by atoms with E-state index in [1.165, 1.54) is 11.1 Å². The summed E-state index contributed by atoms with van der Waals surface area (Å²) in [6, 6.07) is 13.9. The van der Waals surface area contributed by atoms with E-state index in [-0.39, 0.29) is 11.4 Å². The molecule has 1 saturated carbocycles. The summed E-state index contributed by atoms with van der Waals surface area (Å²) in [5, 5.41) is 15.7. The second kappa shape index (κ2) is 10.9. The molecule has 1 saturated heterocycles. The number of hydrogen-bond donors (Lipinski definition) is 1. The normalized spacial score (nSPS) is 27.3. The molecule has 3 aliphatic rings. The highest BCUT2D eigenvalue weighted by Crippen LogP contribution is 2.53. The Labute approximate surface area is 229 Å². The number of alkyl halides is 2. The monoisotopic (exact) mass is 541 g/mol. The number of aryl methyl sites for hydroxylation is 1. The number of carbonyl (C=O) groups excluding carboxylic acids is 2. The summed E-state index contributed by atoms with van der Waals surface area (Å²) < 4.78 is 0. The molecule has 37 heavy (non-hydrogen) atoms. The van der Waals surface area contributed by atoms with E-state index < -0.39 is 11.9 Å². The molecule has 1 heterocycles. The molecule has 2 aliphatic carbocycles. The number of aliphatic carboxylic acids is 1. The van der Waals surface area contributed by atoms with Gasteiger partial charge in [-0.3, -0.25) is 4.79 Å². The number of nitrogens with zero attached hydrogens (tertiary/aromatic N) is 1. The minimum absolute atomic E-state index is 0.0940. The van der Waals surface area contributed by atoms with Crippen molar-refractivity contribution in [1.29, 1.82) is 0 Å². The molecule has 1 unspecified atom stereocenters. The first-order valence-electron chi connectivity index (χ1n) is 13.5. The summed E-state index contributed by atoms with van der Waals surface area (Å²) in [6.45, 7) is 3.58. The molecular weight excluding hydrogens is 507 g/mol. The van der Waals surface area contributed by atoms with E-state index in [9.17, 15) is 14.7 Å². The summed E-state index contributed by atoms with van der Waals surface area (Å²) in [5.41, 5.74) is 4.99. The lowest BCUT2D eigenvalue weighted by Crippen LogP contribution is -2.60. The van der Waals surface area contributed by atoms with Gasteiger partial charge in [0.05, 0.1) is 5.97 Å². The van der Waals surface area contributed by atoms with Crippen molar-refractivity contribution < 1.29 is 14.7 Å². The Kier molecular flexibility index (Phi) is 7.74. The molecule has 0 spiro atoms. The Hall–Kier alpha value is -2.24. The third kappa shape index (κ3) is 5.09. The maximum atomic E-state index is 12.3. The van der Waals surface area contributed by atoms with E-state index in [1.807, 2.05) is 30.3 Å². The number of hydrogen-bond acceptors (Lipinski definition) is 4. The van der Waals surface area contributed by atoms with Crippen molar-refractivity contribution in [1.82, 2.24) is 5.32 Å². The molecule has 198 valence electrons. The molecule has 2 aromatic carbocycles. The molecule has 7 heteroatoms. The highest BCUT2D eigenvalue weighted by molar-refractivity contribution is 6.18. The predicted octanol–water partition coefficient (Wildman–Crippen LogP) is 4.58. The summed E-state index contributed by atoms with van der Waals surface area (Å²) in [4.78, 5) is 26.5. The average molecular weight is 543 g/mol. The minimum Gasteiger partial charge on any atom is -0.549 e. The standard InChI is InChI=1S/C30H36Cl2N2O3/c1-30-13-12-24-23-8-5-21(18-20(23)4-9-25(24)26(30)10-11-27(35)33-30)28(29(36)37)19-2-6-22(7-3-19)34(16-14-31)17-15-32/h2-3,5-8,18,24-26,28H,4,9-17H2,1H3,(H,33,35)(H,36,37)/p-1/t24-,25-,26+,28?,30+/m1/s1. The fourth-order valence-electron chi connectivity index (χ4n) is 7.37. The molecule has 1 N–H and O–H groups in total. The summed E-state index contributed by atoms with van der Waals surface area (Å²) in [7, 11) is 0. The Bertz CT molecular complexity index is 1150. The molecule has 1 amide bonds. The van der Waals surface area contributed by atoms with Crippen LogP contribution in [0.5, 0.6) is 0 Å². The van der Waals surface area contributed by atoms with Crippen molar-refractivity contribution >= 4 is 40.8 Å². The lowest BCUT2D eigenvalue weighted by molar-refractivity contribution is -0.306. The van der Waals surface area contributed by atoms with Crippen LogP contribution in [0.3, 0.4) is 0 Å². The van der Waals surface area contributed by atoms with Gasteiger partial charge in [0.15, 0.2) is 0 Å². The molecule has 0 radical (unpaired) electrons. The number of nitrogens with one attached hydrogen (secondary N) is 1. The smallest absolute Gasteiger partial charge is 0.220 e. The van der Waals surface area contributed by atoms with Crippen molar-refractivity contribution in [3.8, 4) is 0 Å². The van der Waals surface area contributed by atoms with Gasteiger partial charge in [0.1, 0.15) is 0 Å². The number of carboxylic acids is 1. The highest BCUT2D eigenvalue weighted by Gasteiger charge is 2.50.